The lowest BCUT2D eigenvalue weighted by Crippen LogP contribution is -2.61. The molecular weight excluding hydrogens is 974 g/mol. The van der Waals surface area contributed by atoms with E-state index in [1.807, 2.05) is 24.3 Å². The Morgan fingerprint density at radius 3 is 1.30 bits per heavy atom. The van der Waals surface area contributed by atoms with Crippen LogP contribution in [0.3, 0.4) is 0 Å². The van der Waals surface area contributed by atoms with Gasteiger partial charge >= 0.3 is 0 Å². The Labute approximate surface area is 470 Å². The van der Waals surface area contributed by atoms with E-state index in [9.17, 15) is 0 Å². The van der Waals surface area contributed by atoms with Crippen LogP contribution in [0.5, 0.6) is 0 Å². The number of hydrogen-bond acceptors (Lipinski definition) is 5. The van der Waals surface area contributed by atoms with Gasteiger partial charge in [-0.2, -0.15) is 0 Å². The number of para-hydroxylation sites is 2. The van der Waals surface area contributed by atoms with Gasteiger partial charge in [-0.1, -0.05) is 172 Å². The Kier molecular flexibility index (Phi) is 11.3. The number of nitrogens with zero attached hydrogens (tertiary/aromatic N) is 3. The standard InChI is InChI=1S/C74H64BN3O2/c1-72(2,3)52-29-37-57(38-30-52)78-64-40-32-54(74(7,8)9)44-61(64)75-60-43-53(73(4,5)6)31-39-63(60)77(56-35-27-49(28-36-56)70-42-51-19-12-15-24-68(51)80-70)65-45-58(46-66(78)71(65)75)76(62-22-16-20-47-17-10-13-21-59(47)62)55-33-25-48(26-34-55)69-41-50-18-11-14-23-67(50)79-69/h10-46H,1-9H3. The Bertz CT molecular complexity index is 4300. The van der Waals surface area contributed by atoms with Crippen molar-refractivity contribution in [2.45, 2.75) is 78.6 Å². The monoisotopic (exact) mass is 1040 g/mol. The molecule has 0 aliphatic carbocycles. The zero-order valence-corrected chi connectivity index (χ0v) is 47.1. The topological polar surface area (TPSA) is 36.0 Å². The molecule has 2 aromatic heterocycles. The third-order valence-electron chi connectivity index (χ3n) is 16.7. The van der Waals surface area contributed by atoms with Gasteiger partial charge in [0.15, 0.2) is 0 Å². The molecule has 5 nitrogen and oxygen atoms in total. The fourth-order valence-corrected chi connectivity index (χ4v) is 12.3. The zero-order valence-electron chi connectivity index (χ0n) is 47.1. The average molecular weight is 1040 g/mol. The highest BCUT2D eigenvalue weighted by atomic mass is 16.3. The van der Waals surface area contributed by atoms with Gasteiger partial charge in [-0.15, -0.1) is 0 Å². The number of anilines is 9. The molecule has 0 N–H and O–H groups in total. The number of hydrogen-bond donors (Lipinski definition) is 0. The van der Waals surface area contributed by atoms with Gasteiger partial charge in [0.2, 0.25) is 0 Å². The summed E-state index contributed by atoms with van der Waals surface area (Å²) in [7, 11) is 0. The molecule has 2 aliphatic rings. The number of benzene rings is 10. The van der Waals surface area contributed by atoms with Crippen molar-refractivity contribution >= 4 is 107 Å². The van der Waals surface area contributed by atoms with E-state index in [1.165, 1.54) is 44.2 Å². The summed E-state index contributed by atoms with van der Waals surface area (Å²) in [5.41, 5.74) is 21.3. The van der Waals surface area contributed by atoms with Crippen molar-refractivity contribution in [3.63, 3.8) is 0 Å². The molecule has 0 saturated heterocycles. The molecule has 6 heteroatoms. The van der Waals surface area contributed by atoms with Gasteiger partial charge in [-0.3, -0.25) is 0 Å². The lowest BCUT2D eigenvalue weighted by molar-refractivity contribution is 0.590. The van der Waals surface area contributed by atoms with Crippen LogP contribution in [-0.4, -0.2) is 6.71 Å². The van der Waals surface area contributed by atoms with E-state index >= 15 is 0 Å². The highest BCUT2D eigenvalue weighted by Gasteiger charge is 2.45. The van der Waals surface area contributed by atoms with Crippen LogP contribution in [0, 0.1) is 0 Å². The van der Waals surface area contributed by atoms with Crippen molar-refractivity contribution in [3.05, 3.63) is 241 Å². The number of furan rings is 2. The van der Waals surface area contributed by atoms with Crippen LogP contribution in [0.25, 0.3) is 55.4 Å². The minimum Gasteiger partial charge on any atom is -0.456 e. The summed E-state index contributed by atoms with van der Waals surface area (Å²) in [5.74, 6) is 1.69. The molecule has 0 amide bonds. The molecule has 10 aromatic carbocycles. The third-order valence-corrected chi connectivity index (χ3v) is 16.7. The Balaban J connectivity index is 1.06. The molecule has 390 valence electrons. The van der Waals surface area contributed by atoms with Crippen LogP contribution in [-0.2, 0) is 16.2 Å². The van der Waals surface area contributed by atoms with E-state index in [0.717, 1.165) is 95.5 Å². The van der Waals surface area contributed by atoms with Crippen LogP contribution in [0.2, 0.25) is 0 Å². The molecule has 0 radical (unpaired) electrons. The van der Waals surface area contributed by atoms with Crippen molar-refractivity contribution in [3.8, 4) is 22.6 Å². The van der Waals surface area contributed by atoms with Crippen LogP contribution in [0.4, 0.5) is 51.2 Å². The summed E-state index contributed by atoms with van der Waals surface area (Å²) < 4.78 is 12.9. The van der Waals surface area contributed by atoms with E-state index < -0.39 is 0 Å². The molecule has 0 atom stereocenters. The van der Waals surface area contributed by atoms with Crippen molar-refractivity contribution in [2.24, 2.45) is 0 Å². The first-order chi connectivity index (χ1) is 38.5. The Morgan fingerprint density at radius 2 is 0.800 bits per heavy atom. The predicted octanol–water partition coefficient (Wildman–Crippen LogP) is 19.1. The molecule has 0 spiro atoms. The van der Waals surface area contributed by atoms with E-state index in [1.54, 1.807) is 0 Å². The quantitative estimate of drug-likeness (QED) is 0.149. The van der Waals surface area contributed by atoms with Gasteiger partial charge in [0.25, 0.3) is 6.71 Å². The summed E-state index contributed by atoms with van der Waals surface area (Å²) in [6.07, 6.45) is 0. The molecule has 4 heterocycles. The van der Waals surface area contributed by atoms with Crippen LogP contribution >= 0.6 is 0 Å². The lowest BCUT2D eigenvalue weighted by Gasteiger charge is -2.45. The van der Waals surface area contributed by atoms with Gasteiger partial charge in [-0.25, -0.2) is 0 Å². The van der Waals surface area contributed by atoms with Gasteiger partial charge in [-0.05, 0) is 170 Å². The molecule has 80 heavy (non-hydrogen) atoms. The maximum Gasteiger partial charge on any atom is 0.252 e. The van der Waals surface area contributed by atoms with E-state index in [2.05, 4.69) is 277 Å². The minimum absolute atomic E-state index is 0.0159. The lowest BCUT2D eigenvalue weighted by atomic mass is 9.33. The maximum absolute atomic E-state index is 6.47. The first-order valence-corrected chi connectivity index (χ1v) is 28.2. The second kappa shape index (κ2) is 18.3. The summed E-state index contributed by atoms with van der Waals surface area (Å²) in [6, 6.07) is 82.9. The third kappa shape index (κ3) is 8.31. The molecular formula is C74H64BN3O2. The zero-order chi connectivity index (χ0) is 54.8. The van der Waals surface area contributed by atoms with Crippen LogP contribution in [0.1, 0.15) is 79.0 Å². The molecule has 14 rings (SSSR count). The predicted molar refractivity (Wildman–Crippen MR) is 339 cm³/mol. The second-order valence-corrected chi connectivity index (χ2v) is 25.1. The highest BCUT2D eigenvalue weighted by molar-refractivity contribution is 7.00. The Hall–Kier alpha value is -9.00. The van der Waals surface area contributed by atoms with Crippen molar-refractivity contribution in [1.82, 2.24) is 0 Å². The number of fused-ring (bicyclic) bond motifs is 7. The Morgan fingerprint density at radius 1 is 0.362 bits per heavy atom. The summed E-state index contributed by atoms with van der Waals surface area (Å²) in [4.78, 5) is 7.56. The SMILES string of the molecule is CC(C)(C)c1ccc(N2c3ccc(C(C)(C)C)cc3B3c4cc(C(C)(C)C)ccc4N(c4ccc(-c5cc6ccccc6o5)cc4)c4cc(N(c5ccc(-c6cc7ccccc7o6)cc5)c5cccc6ccccc56)cc2c43)cc1. The normalized spacial score (nSPS) is 13.2. The smallest absolute Gasteiger partial charge is 0.252 e. The molecule has 0 fully saturated rings. The first kappa shape index (κ1) is 49.3. The highest BCUT2D eigenvalue weighted by Crippen LogP contribution is 2.50. The maximum atomic E-state index is 6.47. The second-order valence-electron chi connectivity index (χ2n) is 25.1. The van der Waals surface area contributed by atoms with Crippen molar-refractivity contribution in [2.75, 3.05) is 14.7 Å². The van der Waals surface area contributed by atoms with Gasteiger partial charge in [0.05, 0.1) is 11.4 Å². The number of rotatable bonds is 7. The summed E-state index contributed by atoms with van der Waals surface area (Å²) in [5, 5.41) is 4.51. The van der Waals surface area contributed by atoms with E-state index in [0.29, 0.717) is 0 Å². The average Bonchev–Trinajstić information content (AvgIpc) is 4.10. The van der Waals surface area contributed by atoms with Gasteiger partial charge < -0.3 is 23.5 Å². The fourth-order valence-electron chi connectivity index (χ4n) is 12.3. The summed E-state index contributed by atoms with van der Waals surface area (Å²) >= 11 is 0. The minimum atomic E-state index is -0.0917. The van der Waals surface area contributed by atoms with Crippen molar-refractivity contribution < 1.29 is 8.83 Å². The summed E-state index contributed by atoms with van der Waals surface area (Å²) in [6.45, 7) is 20.8. The largest absolute Gasteiger partial charge is 0.456 e. The molecule has 12 aromatic rings. The van der Waals surface area contributed by atoms with Crippen molar-refractivity contribution in [1.29, 1.82) is 0 Å². The van der Waals surface area contributed by atoms with Crippen LogP contribution in [0.15, 0.2) is 233 Å². The fraction of sp³-hybridized carbons (Fsp3) is 0.162. The van der Waals surface area contributed by atoms with E-state index in [-0.39, 0.29) is 23.0 Å². The molecule has 2 aliphatic heterocycles. The molecule has 0 saturated carbocycles. The molecule has 0 bridgehead atoms. The van der Waals surface area contributed by atoms with E-state index in [4.69, 9.17) is 8.83 Å². The molecule has 0 unspecified atom stereocenters. The van der Waals surface area contributed by atoms with Gasteiger partial charge in [0.1, 0.15) is 22.7 Å². The first-order valence-electron chi connectivity index (χ1n) is 28.2. The van der Waals surface area contributed by atoms with Crippen LogP contribution < -0.4 is 31.1 Å². The van der Waals surface area contributed by atoms with Gasteiger partial charge in [0, 0.05) is 67.1 Å².